The fourth-order valence-electron chi connectivity index (χ4n) is 4.00. The third-order valence-corrected chi connectivity index (χ3v) is 5.55. The van der Waals surface area contributed by atoms with Crippen molar-refractivity contribution < 1.29 is 4.79 Å². The second-order valence-electron chi connectivity index (χ2n) is 6.98. The summed E-state index contributed by atoms with van der Waals surface area (Å²) in [5.74, 6) is 0.223. The minimum absolute atomic E-state index is 0.199. The predicted octanol–water partition coefficient (Wildman–Crippen LogP) is 2.90. The Morgan fingerprint density at radius 1 is 1.26 bits per heavy atom. The maximum atomic E-state index is 11.6. The van der Waals surface area contributed by atoms with Gasteiger partial charge in [-0.3, -0.25) is 9.78 Å². The van der Waals surface area contributed by atoms with Crippen LogP contribution in [0, 0.1) is 5.41 Å². The molecule has 2 fully saturated rings. The molecule has 0 radical (unpaired) electrons. The molecular weight excluding hydrogens is 286 g/mol. The van der Waals surface area contributed by atoms with Gasteiger partial charge in [0, 0.05) is 43.3 Å². The van der Waals surface area contributed by atoms with E-state index in [4.69, 9.17) is 0 Å². The lowest BCUT2D eigenvalue weighted by molar-refractivity contribution is -0.119. The third kappa shape index (κ3) is 2.56. The van der Waals surface area contributed by atoms with Crippen molar-refractivity contribution in [3.8, 4) is 0 Å². The minimum Gasteiger partial charge on any atom is -0.371 e. The summed E-state index contributed by atoms with van der Waals surface area (Å²) in [6.45, 7) is 5.08. The number of hydrogen-bond donors (Lipinski definition) is 1. The number of fused-ring (bicyclic) bond motifs is 1. The molecule has 2 aromatic rings. The number of rotatable bonds is 2. The van der Waals surface area contributed by atoms with Crippen molar-refractivity contribution in [2.24, 2.45) is 5.41 Å². The van der Waals surface area contributed by atoms with Gasteiger partial charge < -0.3 is 10.2 Å². The van der Waals surface area contributed by atoms with E-state index in [1.165, 1.54) is 16.6 Å². The van der Waals surface area contributed by atoms with E-state index in [0.717, 1.165) is 44.4 Å². The van der Waals surface area contributed by atoms with Gasteiger partial charge >= 0.3 is 0 Å². The van der Waals surface area contributed by atoms with Gasteiger partial charge in [-0.15, -0.1) is 0 Å². The van der Waals surface area contributed by atoms with Crippen LogP contribution in [-0.4, -0.2) is 30.5 Å². The molecule has 2 aliphatic heterocycles. The summed E-state index contributed by atoms with van der Waals surface area (Å²) in [6, 6.07) is 8.71. The van der Waals surface area contributed by atoms with Crippen LogP contribution in [0.25, 0.3) is 10.9 Å². The predicted molar refractivity (Wildman–Crippen MR) is 92.6 cm³/mol. The van der Waals surface area contributed by atoms with Crippen LogP contribution < -0.4 is 10.2 Å². The highest BCUT2D eigenvalue weighted by Gasteiger charge is 2.41. The van der Waals surface area contributed by atoms with Crippen LogP contribution in [-0.2, 0) is 11.2 Å². The maximum absolute atomic E-state index is 11.6. The quantitative estimate of drug-likeness (QED) is 0.928. The van der Waals surface area contributed by atoms with Crippen molar-refractivity contribution in [2.45, 2.75) is 32.6 Å². The third-order valence-electron chi connectivity index (χ3n) is 5.55. The molecule has 3 heterocycles. The van der Waals surface area contributed by atoms with Gasteiger partial charge in [0.1, 0.15) is 0 Å². The number of aryl methyl sites for hydroxylation is 1. The van der Waals surface area contributed by atoms with Gasteiger partial charge in [-0.2, -0.15) is 0 Å². The molecule has 1 aromatic carbocycles. The van der Waals surface area contributed by atoms with E-state index in [1.54, 1.807) is 0 Å². The molecule has 2 saturated heterocycles. The monoisotopic (exact) mass is 309 g/mol. The fraction of sp³-hybridized carbons (Fsp3) is 0.474. The summed E-state index contributed by atoms with van der Waals surface area (Å²) in [4.78, 5) is 18.6. The molecule has 1 aromatic heterocycles. The highest BCUT2D eigenvalue weighted by molar-refractivity contribution is 5.92. The summed E-state index contributed by atoms with van der Waals surface area (Å²) in [5, 5.41) is 4.27. The Labute approximate surface area is 136 Å². The van der Waals surface area contributed by atoms with Gasteiger partial charge in [-0.1, -0.05) is 13.0 Å². The Bertz CT molecular complexity index is 747. The average Bonchev–Trinajstić information content (AvgIpc) is 2.95. The molecule has 120 valence electrons. The largest absolute Gasteiger partial charge is 0.371 e. The standard InChI is InChI=1S/C19H23N3O/c1-2-14-3-4-16-15(11-14)17(5-8-20-16)22-9-6-19(7-10-22)12-18(23)21-13-19/h3-5,8,11H,2,6-7,9-10,12-13H2,1H3,(H,21,23). The van der Waals surface area contributed by atoms with Crippen molar-refractivity contribution in [1.29, 1.82) is 0 Å². The van der Waals surface area contributed by atoms with Crippen LogP contribution in [0.15, 0.2) is 30.5 Å². The number of aromatic nitrogens is 1. The van der Waals surface area contributed by atoms with E-state index in [-0.39, 0.29) is 11.3 Å². The topological polar surface area (TPSA) is 45.2 Å². The molecule has 4 heteroatoms. The highest BCUT2D eigenvalue weighted by Crippen LogP contribution is 2.39. The molecule has 4 rings (SSSR count). The number of nitrogens with zero attached hydrogens (tertiary/aromatic N) is 2. The molecule has 0 atom stereocenters. The number of hydrogen-bond acceptors (Lipinski definition) is 3. The molecule has 1 spiro atoms. The molecule has 0 saturated carbocycles. The number of anilines is 1. The van der Waals surface area contributed by atoms with E-state index in [0.29, 0.717) is 6.42 Å². The Balaban J connectivity index is 1.62. The lowest BCUT2D eigenvalue weighted by Crippen LogP contribution is -2.41. The Morgan fingerprint density at radius 3 is 2.78 bits per heavy atom. The first-order valence-corrected chi connectivity index (χ1v) is 8.58. The van der Waals surface area contributed by atoms with E-state index in [9.17, 15) is 4.79 Å². The average molecular weight is 309 g/mol. The van der Waals surface area contributed by atoms with Gasteiger partial charge in [0.15, 0.2) is 0 Å². The van der Waals surface area contributed by atoms with Crippen LogP contribution in [0.4, 0.5) is 5.69 Å². The Kier molecular flexibility index (Phi) is 3.47. The molecule has 2 aliphatic rings. The summed E-state index contributed by atoms with van der Waals surface area (Å²) in [6.07, 6.45) is 5.83. The SMILES string of the molecule is CCc1ccc2nccc(N3CCC4(CC3)CNC(=O)C4)c2c1. The molecular formula is C19H23N3O. The summed E-state index contributed by atoms with van der Waals surface area (Å²) in [5.41, 5.74) is 3.91. The zero-order valence-corrected chi connectivity index (χ0v) is 13.6. The normalized spacial score (nSPS) is 20.2. The summed E-state index contributed by atoms with van der Waals surface area (Å²) in [7, 11) is 0. The van der Waals surface area contributed by atoms with E-state index < -0.39 is 0 Å². The van der Waals surface area contributed by atoms with Crippen molar-refractivity contribution in [2.75, 3.05) is 24.5 Å². The molecule has 4 nitrogen and oxygen atoms in total. The van der Waals surface area contributed by atoms with Crippen molar-refractivity contribution in [3.63, 3.8) is 0 Å². The van der Waals surface area contributed by atoms with Crippen LogP contribution >= 0.6 is 0 Å². The number of carbonyl (C=O) groups is 1. The molecule has 0 bridgehead atoms. The second-order valence-corrected chi connectivity index (χ2v) is 6.98. The van der Waals surface area contributed by atoms with Crippen LogP contribution in [0.2, 0.25) is 0 Å². The number of piperidine rings is 1. The summed E-state index contributed by atoms with van der Waals surface area (Å²) >= 11 is 0. The second kappa shape index (κ2) is 5.52. The fourth-order valence-corrected chi connectivity index (χ4v) is 4.00. The smallest absolute Gasteiger partial charge is 0.220 e. The lowest BCUT2D eigenvalue weighted by Gasteiger charge is -2.39. The molecule has 1 amide bonds. The van der Waals surface area contributed by atoms with Crippen LogP contribution in [0.3, 0.4) is 0 Å². The number of benzene rings is 1. The van der Waals surface area contributed by atoms with Gasteiger partial charge in [-0.25, -0.2) is 0 Å². The zero-order valence-electron chi connectivity index (χ0n) is 13.6. The summed E-state index contributed by atoms with van der Waals surface area (Å²) < 4.78 is 0. The molecule has 1 N–H and O–H groups in total. The van der Waals surface area contributed by atoms with Crippen LogP contribution in [0.1, 0.15) is 31.7 Å². The van der Waals surface area contributed by atoms with Gasteiger partial charge in [0.25, 0.3) is 0 Å². The molecule has 23 heavy (non-hydrogen) atoms. The highest BCUT2D eigenvalue weighted by atomic mass is 16.1. The lowest BCUT2D eigenvalue weighted by atomic mass is 9.77. The van der Waals surface area contributed by atoms with Gasteiger partial charge in [0.2, 0.25) is 5.91 Å². The van der Waals surface area contributed by atoms with E-state index in [1.807, 2.05) is 6.20 Å². The van der Waals surface area contributed by atoms with Crippen LogP contribution in [0.5, 0.6) is 0 Å². The minimum atomic E-state index is 0.199. The Morgan fingerprint density at radius 2 is 2.09 bits per heavy atom. The maximum Gasteiger partial charge on any atom is 0.220 e. The van der Waals surface area contributed by atoms with Crippen molar-refractivity contribution in [3.05, 3.63) is 36.0 Å². The van der Waals surface area contributed by atoms with Gasteiger partial charge in [0.05, 0.1) is 5.52 Å². The molecule has 0 unspecified atom stereocenters. The van der Waals surface area contributed by atoms with E-state index >= 15 is 0 Å². The zero-order chi connectivity index (χ0) is 15.9. The first-order chi connectivity index (χ1) is 11.2. The van der Waals surface area contributed by atoms with Crippen molar-refractivity contribution in [1.82, 2.24) is 10.3 Å². The number of amides is 1. The first-order valence-electron chi connectivity index (χ1n) is 8.58. The number of nitrogens with one attached hydrogen (secondary N) is 1. The number of pyridine rings is 1. The molecule has 0 aliphatic carbocycles. The number of carbonyl (C=O) groups excluding carboxylic acids is 1. The van der Waals surface area contributed by atoms with Crippen molar-refractivity contribution >= 4 is 22.5 Å². The Hall–Kier alpha value is -2.10. The first kappa shape index (κ1) is 14.5. The van der Waals surface area contributed by atoms with E-state index in [2.05, 4.69) is 46.4 Å². The van der Waals surface area contributed by atoms with Gasteiger partial charge in [-0.05, 0) is 48.4 Å².